The van der Waals surface area contributed by atoms with Gasteiger partial charge < -0.3 is 10.2 Å². The molecule has 3 fully saturated rings. The Hall–Kier alpha value is -1.97. The van der Waals surface area contributed by atoms with Crippen molar-refractivity contribution in [3.05, 3.63) is 35.9 Å². The highest BCUT2D eigenvalue weighted by molar-refractivity contribution is 7.89. The fourth-order valence-corrected chi connectivity index (χ4v) is 6.14. The van der Waals surface area contributed by atoms with Gasteiger partial charge in [0.05, 0.1) is 11.8 Å². The van der Waals surface area contributed by atoms with Crippen LogP contribution in [0.2, 0.25) is 0 Å². The van der Waals surface area contributed by atoms with Crippen molar-refractivity contribution in [2.75, 3.05) is 38.5 Å². The van der Waals surface area contributed by atoms with Gasteiger partial charge in [0, 0.05) is 32.7 Å². The first-order chi connectivity index (χ1) is 14.8. The molecule has 1 spiro atoms. The zero-order chi connectivity index (χ0) is 22.1. The van der Waals surface area contributed by atoms with Crippen LogP contribution in [0.25, 0.3) is 0 Å². The van der Waals surface area contributed by atoms with Crippen LogP contribution in [0.3, 0.4) is 0 Å². The molecule has 1 N–H and O–H groups in total. The Morgan fingerprint density at radius 3 is 2.48 bits per heavy atom. The van der Waals surface area contributed by atoms with Gasteiger partial charge in [0.15, 0.2) is 0 Å². The molecule has 9 heteroatoms. The molecule has 3 aliphatic rings. The van der Waals surface area contributed by atoms with E-state index in [1.165, 1.54) is 14.8 Å². The predicted octanol–water partition coefficient (Wildman–Crippen LogP) is 1.43. The van der Waals surface area contributed by atoms with E-state index in [-0.39, 0.29) is 24.2 Å². The summed E-state index contributed by atoms with van der Waals surface area (Å²) in [6.07, 6.45) is 3.44. The van der Waals surface area contributed by atoms with Gasteiger partial charge in [-0.1, -0.05) is 30.3 Å². The van der Waals surface area contributed by atoms with E-state index in [1.807, 2.05) is 18.2 Å². The number of hydrogen-bond acceptors (Lipinski definition) is 5. The maximum absolute atomic E-state index is 13.4. The van der Waals surface area contributed by atoms with Gasteiger partial charge in [0.2, 0.25) is 10.0 Å². The lowest BCUT2D eigenvalue weighted by Crippen LogP contribution is -2.56. The standard InChI is InChI=1S/C22H32N4O4S/c1-2-31(29,30)25-13-6-9-19(17-25)26-20(27)22(23-21(26)28)11-15-24(16-12-22)14-10-18-7-4-3-5-8-18/h3-5,7-8,19H,2,6,9-17H2,1H3,(H,23,28). The van der Waals surface area contributed by atoms with E-state index in [1.54, 1.807) is 6.92 Å². The lowest BCUT2D eigenvalue weighted by atomic mass is 9.87. The van der Waals surface area contributed by atoms with Crippen molar-refractivity contribution in [3.63, 3.8) is 0 Å². The van der Waals surface area contributed by atoms with Gasteiger partial charge in [0.25, 0.3) is 5.91 Å². The van der Waals surface area contributed by atoms with Gasteiger partial charge >= 0.3 is 6.03 Å². The molecule has 0 aromatic heterocycles. The summed E-state index contributed by atoms with van der Waals surface area (Å²) in [6.45, 7) is 4.72. The summed E-state index contributed by atoms with van der Waals surface area (Å²) in [5.41, 5.74) is 0.453. The lowest BCUT2D eigenvalue weighted by molar-refractivity contribution is -0.135. The highest BCUT2D eigenvalue weighted by Gasteiger charge is 2.54. The molecule has 0 saturated carbocycles. The third-order valence-electron chi connectivity index (χ3n) is 6.94. The first-order valence-corrected chi connectivity index (χ1v) is 12.9. The molecule has 1 atom stereocenters. The average molecular weight is 449 g/mol. The van der Waals surface area contributed by atoms with Crippen molar-refractivity contribution in [1.82, 2.24) is 19.4 Å². The molecule has 1 unspecified atom stereocenters. The molecule has 1 aromatic rings. The molecule has 0 bridgehead atoms. The Balaban J connectivity index is 1.37. The second-order valence-electron chi connectivity index (χ2n) is 8.82. The molecule has 31 heavy (non-hydrogen) atoms. The summed E-state index contributed by atoms with van der Waals surface area (Å²) in [6, 6.07) is 9.57. The van der Waals surface area contributed by atoms with Gasteiger partial charge in [-0.15, -0.1) is 0 Å². The predicted molar refractivity (Wildman–Crippen MR) is 118 cm³/mol. The quantitative estimate of drug-likeness (QED) is 0.665. The third-order valence-corrected chi connectivity index (χ3v) is 8.79. The Kier molecular flexibility index (Phi) is 6.37. The number of rotatable bonds is 6. The molecule has 3 heterocycles. The molecule has 3 aliphatic heterocycles. The molecule has 170 valence electrons. The number of sulfonamides is 1. The van der Waals surface area contributed by atoms with Crippen molar-refractivity contribution in [1.29, 1.82) is 0 Å². The van der Waals surface area contributed by atoms with Crippen LogP contribution >= 0.6 is 0 Å². The Morgan fingerprint density at radius 2 is 1.81 bits per heavy atom. The number of benzene rings is 1. The van der Waals surface area contributed by atoms with Crippen LogP contribution in [0, 0.1) is 0 Å². The Bertz CT molecular complexity index is 913. The third kappa shape index (κ3) is 4.49. The van der Waals surface area contributed by atoms with Crippen LogP contribution in [0.1, 0.15) is 38.2 Å². The van der Waals surface area contributed by atoms with Gasteiger partial charge in [0.1, 0.15) is 5.54 Å². The zero-order valence-electron chi connectivity index (χ0n) is 18.1. The fraction of sp³-hybridized carbons (Fsp3) is 0.636. The lowest BCUT2D eigenvalue weighted by Gasteiger charge is -2.38. The first kappa shape index (κ1) is 22.2. The number of nitrogens with one attached hydrogen (secondary N) is 1. The molecule has 3 amide bonds. The number of amides is 3. The summed E-state index contributed by atoms with van der Waals surface area (Å²) in [5.74, 6) is -0.149. The van der Waals surface area contributed by atoms with E-state index >= 15 is 0 Å². The Morgan fingerprint density at radius 1 is 1.10 bits per heavy atom. The number of hydrogen-bond donors (Lipinski definition) is 1. The molecule has 4 rings (SSSR count). The smallest absolute Gasteiger partial charge is 0.323 e. The summed E-state index contributed by atoms with van der Waals surface area (Å²) in [5, 5.41) is 2.97. The monoisotopic (exact) mass is 448 g/mol. The van der Waals surface area contributed by atoms with E-state index in [9.17, 15) is 18.0 Å². The largest absolute Gasteiger partial charge is 0.325 e. The molecule has 8 nitrogen and oxygen atoms in total. The van der Waals surface area contributed by atoms with Gasteiger partial charge in [-0.05, 0) is 44.6 Å². The molecule has 1 aromatic carbocycles. The number of nitrogens with zero attached hydrogens (tertiary/aromatic N) is 3. The number of piperidine rings is 2. The minimum absolute atomic E-state index is 0.0304. The van der Waals surface area contributed by atoms with E-state index in [4.69, 9.17) is 0 Å². The van der Waals surface area contributed by atoms with Crippen LogP contribution in [0.5, 0.6) is 0 Å². The van der Waals surface area contributed by atoms with Crippen molar-refractivity contribution in [3.8, 4) is 0 Å². The van der Waals surface area contributed by atoms with Crippen LogP contribution in [0.4, 0.5) is 4.79 Å². The van der Waals surface area contributed by atoms with Gasteiger partial charge in [-0.25, -0.2) is 13.2 Å². The van der Waals surface area contributed by atoms with E-state index in [2.05, 4.69) is 22.3 Å². The topological polar surface area (TPSA) is 90.0 Å². The number of urea groups is 1. The van der Waals surface area contributed by atoms with Crippen LogP contribution in [-0.2, 0) is 21.2 Å². The van der Waals surface area contributed by atoms with E-state index in [0.717, 1.165) is 26.1 Å². The highest BCUT2D eigenvalue weighted by atomic mass is 32.2. The van der Waals surface area contributed by atoms with Crippen molar-refractivity contribution in [2.24, 2.45) is 0 Å². The second-order valence-corrected chi connectivity index (χ2v) is 11.1. The molecular formula is C22H32N4O4S. The fourth-order valence-electron chi connectivity index (χ4n) is 4.97. The number of carbonyl (C=O) groups excluding carboxylic acids is 2. The minimum Gasteiger partial charge on any atom is -0.323 e. The zero-order valence-corrected chi connectivity index (χ0v) is 18.9. The first-order valence-electron chi connectivity index (χ1n) is 11.2. The van der Waals surface area contributed by atoms with E-state index in [0.29, 0.717) is 32.2 Å². The Labute approximate surface area is 184 Å². The van der Waals surface area contributed by atoms with Crippen molar-refractivity contribution < 1.29 is 18.0 Å². The molecule has 0 radical (unpaired) electrons. The van der Waals surface area contributed by atoms with Gasteiger partial charge in [-0.3, -0.25) is 9.69 Å². The molecule has 3 saturated heterocycles. The highest BCUT2D eigenvalue weighted by Crippen LogP contribution is 2.32. The maximum atomic E-state index is 13.4. The molecular weight excluding hydrogens is 416 g/mol. The van der Waals surface area contributed by atoms with Crippen molar-refractivity contribution in [2.45, 2.75) is 50.6 Å². The number of likely N-dealkylation sites (tertiary alicyclic amines) is 1. The average Bonchev–Trinajstić information content (AvgIpc) is 3.03. The SMILES string of the molecule is CCS(=O)(=O)N1CCCC(N2C(=O)NC3(CCN(CCc4ccccc4)CC3)C2=O)C1. The minimum atomic E-state index is -3.33. The summed E-state index contributed by atoms with van der Waals surface area (Å²) in [4.78, 5) is 29.8. The normalized spacial score (nSPS) is 25.2. The van der Waals surface area contributed by atoms with Crippen LogP contribution in [0.15, 0.2) is 30.3 Å². The maximum Gasteiger partial charge on any atom is 0.325 e. The summed E-state index contributed by atoms with van der Waals surface area (Å²) in [7, 11) is -3.33. The van der Waals surface area contributed by atoms with Crippen LogP contribution in [-0.4, -0.2) is 84.5 Å². The second kappa shape index (κ2) is 8.88. The number of carbonyl (C=O) groups is 2. The summed E-state index contributed by atoms with van der Waals surface area (Å²) < 4.78 is 26.0. The number of imide groups is 1. The molecule has 0 aliphatic carbocycles. The van der Waals surface area contributed by atoms with Gasteiger partial charge in [-0.2, -0.15) is 4.31 Å². The summed E-state index contributed by atoms with van der Waals surface area (Å²) >= 11 is 0. The van der Waals surface area contributed by atoms with Crippen molar-refractivity contribution >= 4 is 22.0 Å². The van der Waals surface area contributed by atoms with E-state index < -0.39 is 21.6 Å². The van der Waals surface area contributed by atoms with Crippen LogP contribution < -0.4 is 5.32 Å².